The Kier molecular flexibility index (Phi) is 2.73. The highest BCUT2D eigenvalue weighted by Gasteiger charge is 2.68. The molecule has 2 aliphatic heterocycles. The average molecular weight is 279 g/mol. The second-order valence-electron chi connectivity index (χ2n) is 6.71. The molecular weight excluding hydrogens is 258 g/mol. The molecule has 110 valence electrons. The van der Waals surface area contributed by atoms with Gasteiger partial charge in [-0.3, -0.25) is 14.4 Å². The highest BCUT2D eigenvalue weighted by Crippen LogP contribution is 2.54. The van der Waals surface area contributed by atoms with Gasteiger partial charge in [-0.05, 0) is 25.7 Å². The smallest absolute Gasteiger partial charge is 0.260 e. The predicted octanol–water partition coefficient (Wildman–Crippen LogP) is 1.60. The van der Waals surface area contributed by atoms with Crippen molar-refractivity contribution in [2.75, 3.05) is 13.2 Å². The summed E-state index contributed by atoms with van der Waals surface area (Å²) in [5.74, 6) is 0.0873. The number of carbonyl (C=O) groups is 2. The maximum Gasteiger partial charge on any atom is 0.260 e. The van der Waals surface area contributed by atoms with Gasteiger partial charge in [0.05, 0.1) is 6.61 Å². The molecular formula is C15H21NO4. The molecule has 0 bridgehead atoms. The minimum absolute atomic E-state index is 0.0671. The molecule has 5 heteroatoms. The fourth-order valence-corrected chi connectivity index (χ4v) is 4.34. The molecule has 2 heterocycles. The summed E-state index contributed by atoms with van der Waals surface area (Å²) in [7, 11) is 0. The predicted molar refractivity (Wildman–Crippen MR) is 69.6 cm³/mol. The SMILES string of the molecule is O=C1N(OCC2CO2)C2(CCCC2)C(=O)C12CCCC2. The van der Waals surface area contributed by atoms with Crippen LogP contribution in [0.1, 0.15) is 51.4 Å². The zero-order valence-electron chi connectivity index (χ0n) is 11.7. The quantitative estimate of drug-likeness (QED) is 0.581. The summed E-state index contributed by atoms with van der Waals surface area (Å²) in [6, 6.07) is 0. The monoisotopic (exact) mass is 279 g/mol. The van der Waals surface area contributed by atoms with E-state index in [4.69, 9.17) is 9.57 Å². The number of rotatable bonds is 3. The molecule has 2 saturated heterocycles. The number of hydrogen-bond acceptors (Lipinski definition) is 4. The lowest BCUT2D eigenvalue weighted by molar-refractivity contribution is -0.211. The molecule has 2 saturated carbocycles. The van der Waals surface area contributed by atoms with Crippen molar-refractivity contribution in [3.05, 3.63) is 0 Å². The van der Waals surface area contributed by atoms with Crippen LogP contribution in [-0.2, 0) is 19.2 Å². The third-order valence-electron chi connectivity index (χ3n) is 5.52. The molecule has 4 rings (SSSR count). The van der Waals surface area contributed by atoms with E-state index >= 15 is 0 Å². The Morgan fingerprint density at radius 1 is 1.10 bits per heavy atom. The maximum absolute atomic E-state index is 13.1. The lowest BCUT2D eigenvalue weighted by atomic mass is 9.77. The Balaban J connectivity index is 1.66. The van der Waals surface area contributed by atoms with Crippen molar-refractivity contribution >= 4 is 11.7 Å². The number of Topliss-reactive ketones (excluding diaryl/α,β-unsaturated/α-hetero) is 1. The molecule has 5 nitrogen and oxygen atoms in total. The minimum Gasteiger partial charge on any atom is -0.371 e. The van der Waals surface area contributed by atoms with Gasteiger partial charge in [0, 0.05) is 0 Å². The van der Waals surface area contributed by atoms with Crippen LogP contribution >= 0.6 is 0 Å². The van der Waals surface area contributed by atoms with Crippen molar-refractivity contribution in [2.24, 2.45) is 5.41 Å². The van der Waals surface area contributed by atoms with Crippen LogP contribution in [0.2, 0.25) is 0 Å². The molecule has 1 atom stereocenters. The molecule has 0 aromatic carbocycles. The standard InChI is InChI=1S/C15H21NO4/c17-12-14(5-1-2-6-14)13(18)16(20-10-11-9-19-11)15(12)7-3-4-8-15/h11H,1-10H2. The van der Waals surface area contributed by atoms with Crippen LogP contribution in [-0.4, -0.2) is 41.6 Å². The summed E-state index contributed by atoms with van der Waals surface area (Å²) in [6.07, 6.45) is 7.05. The van der Waals surface area contributed by atoms with E-state index in [0.717, 1.165) is 38.5 Å². The number of nitrogens with zero attached hydrogens (tertiary/aromatic N) is 1. The third-order valence-corrected chi connectivity index (χ3v) is 5.52. The first-order valence-corrected chi connectivity index (χ1v) is 7.83. The molecule has 2 aliphatic carbocycles. The Hall–Kier alpha value is -0.940. The van der Waals surface area contributed by atoms with E-state index in [0.29, 0.717) is 26.1 Å². The number of epoxide rings is 1. The van der Waals surface area contributed by atoms with Crippen molar-refractivity contribution in [3.63, 3.8) is 0 Å². The summed E-state index contributed by atoms with van der Waals surface area (Å²) in [4.78, 5) is 31.7. The summed E-state index contributed by atoms with van der Waals surface area (Å²) in [5, 5.41) is 1.48. The second-order valence-corrected chi connectivity index (χ2v) is 6.71. The first-order chi connectivity index (χ1) is 9.69. The van der Waals surface area contributed by atoms with Crippen LogP contribution in [0.5, 0.6) is 0 Å². The van der Waals surface area contributed by atoms with Crippen molar-refractivity contribution < 1.29 is 19.2 Å². The van der Waals surface area contributed by atoms with Crippen LogP contribution in [0.4, 0.5) is 0 Å². The topological polar surface area (TPSA) is 59.1 Å². The van der Waals surface area contributed by atoms with E-state index in [2.05, 4.69) is 0 Å². The number of ketones is 1. The van der Waals surface area contributed by atoms with Crippen LogP contribution < -0.4 is 0 Å². The number of carbonyl (C=O) groups excluding carboxylic acids is 2. The van der Waals surface area contributed by atoms with E-state index < -0.39 is 11.0 Å². The zero-order valence-corrected chi connectivity index (χ0v) is 11.7. The molecule has 2 spiro atoms. The van der Waals surface area contributed by atoms with Gasteiger partial charge in [-0.25, -0.2) is 5.06 Å². The van der Waals surface area contributed by atoms with E-state index in [1.165, 1.54) is 5.06 Å². The lowest BCUT2D eigenvalue weighted by Crippen LogP contribution is -2.47. The van der Waals surface area contributed by atoms with Crippen molar-refractivity contribution in [2.45, 2.75) is 63.0 Å². The molecule has 4 aliphatic rings. The number of amides is 1. The average Bonchev–Trinajstić information content (AvgIpc) is 2.92. The van der Waals surface area contributed by atoms with Gasteiger partial charge < -0.3 is 4.74 Å². The van der Waals surface area contributed by atoms with Crippen molar-refractivity contribution in [1.29, 1.82) is 0 Å². The van der Waals surface area contributed by atoms with Crippen LogP contribution in [0, 0.1) is 5.41 Å². The number of hydroxylamine groups is 2. The lowest BCUT2D eigenvalue weighted by Gasteiger charge is -2.31. The number of hydrogen-bond donors (Lipinski definition) is 0. The summed E-state index contributed by atoms with van der Waals surface area (Å²) in [5.41, 5.74) is -1.41. The Morgan fingerprint density at radius 3 is 2.30 bits per heavy atom. The molecule has 0 radical (unpaired) electrons. The van der Waals surface area contributed by atoms with Crippen molar-refractivity contribution in [3.8, 4) is 0 Å². The van der Waals surface area contributed by atoms with Gasteiger partial charge >= 0.3 is 0 Å². The fourth-order valence-electron chi connectivity index (χ4n) is 4.34. The van der Waals surface area contributed by atoms with Crippen LogP contribution in [0.15, 0.2) is 0 Å². The first kappa shape index (κ1) is 12.8. The van der Waals surface area contributed by atoms with Gasteiger partial charge in [-0.2, -0.15) is 0 Å². The molecule has 1 unspecified atom stereocenters. The van der Waals surface area contributed by atoms with Gasteiger partial charge in [0.15, 0.2) is 5.78 Å². The van der Waals surface area contributed by atoms with Gasteiger partial charge in [0.25, 0.3) is 5.91 Å². The second kappa shape index (κ2) is 4.28. The molecule has 0 N–H and O–H groups in total. The molecule has 20 heavy (non-hydrogen) atoms. The maximum atomic E-state index is 13.1. The van der Waals surface area contributed by atoms with E-state index in [1.807, 2.05) is 0 Å². The summed E-state index contributed by atoms with van der Waals surface area (Å²) < 4.78 is 5.15. The third kappa shape index (κ3) is 1.56. The highest BCUT2D eigenvalue weighted by molar-refractivity contribution is 6.16. The zero-order chi connectivity index (χ0) is 13.8. The van der Waals surface area contributed by atoms with Gasteiger partial charge in [-0.15, -0.1) is 0 Å². The van der Waals surface area contributed by atoms with Crippen LogP contribution in [0.25, 0.3) is 0 Å². The molecule has 1 amide bonds. The molecule has 4 fully saturated rings. The highest BCUT2D eigenvalue weighted by atomic mass is 16.7. The number of ether oxygens (including phenoxy) is 1. The van der Waals surface area contributed by atoms with E-state index in [1.54, 1.807) is 0 Å². The molecule has 0 aromatic heterocycles. The van der Waals surface area contributed by atoms with Crippen LogP contribution in [0.3, 0.4) is 0 Å². The van der Waals surface area contributed by atoms with Gasteiger partial charge in [-0.1, -0.05) is 25.7 Å². The normalized spacial score (nSPS) is 33.8. The Morgan fingerprint density at radius 2 is 1.70 bits per heavy atom. The van der Waals surface area contributed by atoms with Crippen molar-refractivity contribution in [1.82, 2.24) is 5.06 Å². The molecule has 0 aromatic rings. The van der Waals surface area contributed by atoms with E-state index in [9.17, 15) is 9.59 Å². The summed E-state index contributed by atoms with van der Waals surface area (Å²) >= 11 is 0. The first-order valence-electron chi connectivity index (χ1n) is 7.83. The fraction of sp³-hybridized carbons (Fsp3) is 0.867. The minimum atomic E-state index is -0.755. The van der Waals surface area contributed by atoms with Gasteiger partial charge in [0.2, 0.25) is 0 Å². The summed E-state index contributed by atoms with van der Waals surface area (Å²) in [6.45, 7) is 1.10. The largest absolute Gasteiger partial charge is 0.371 e. The van der Waals surface area contributed by atoms with Gasteiger partial charge in [0.1, 0.15) is 23.7 Å². The Bertz CT molecular complexity index is 445. The van der Waals surface area contributed by atoms with E-state index in [-0.39, 0.29) is 17.8 Å². The Labute approximate surface area is 118 Å².